The van der Waals surface area contributed by atoms with Crippen LogP contribution >= 0.6 is 0 Å². The summed E-state index contributed by atoms with van der Waals surface area (Å²) >= 11 is 0. The van der Waals surface area contributed by atoms with E-state index in [9.17, 15) is 4.79 Å². The van der Waals surface area contributed by atoms with Crippen LogP contribution < -0.4 is 10.1 Å². The Hall–Kier alpha value is -3.07. The number of para-hydroxylation sites is 1. The molecule has 1 N–H and O–H groups in total. The Morgan fingerprint density at radius 3 is 2.21 bits per heavy atom. The van der Waals surface area contributed by atoms with Gasteiger partial charge >= 0.3 is 0 Å². The van der Waals surface area contributed by atoms with E-state index in [2.05, 4.69) is 31.3 Å². The third-order valence-corrected chi connectivity index (χ3v) is 6.05. The number of ether oxygens (including phenoxy) is 1. The molecule has 1 heterocycles. The van der Waals surface area contributed by atoms with Crippen molar-refractivity contribution < 1.29 is 9.53 Å². The number of carbonyl (C=O) groups excluding carboxylic acids is 1. The van der Waals surface area contributed by atoms with Crippen molar-refractivity contribution in [3.63, 3.8) is 0 Å². The first-order valence-electron chi connectivity index (χ1n) is 10.4. The van der Waals surface area contributed by atoms with Crippen LogP contribution in [0.3, 0.4) is 0 Å². The Kier molecular flexibility index (Phi) is 5.39. The van der Waals surface area contributed by atoms with Gasteiger partial charge in [-0.1, -0.05) is 74.5 Å². The van der Waals surface area contributed by atoms with Crippen molar-refractivity contribution in [1.29, 1.82) is 0 Å². The normalized spacial score (nSPS) is 17.1. The number of fused-ring (bicyclic) bond motifs is 1. The number of hydrogen-bond donors (Lipinski definition) is 1. The Bertz CT molecular complexity index is 975. The SMILES string of the molecule is CCC1(CC)C[C@@H](NC(=O)c2ccc(-c3ccccc3)cc2)c2ccccc2O1. The molecule has 3 nitrogen and oxygen atoms in total. The first kappa shape index (κ1) is 19.3. The predicted octanol–water partition coefficient (Wildman–Crippen LogP) is 6.17. The molecule has 29 heavy (non-hydrogen) atoms. The van der Waals surface area contributed by atoms with E-state index in [0.717, 1.165) is 41.7 Å². The molecule has 0 aliphatic carbocycles. The summed E-state index contributed by atoms with van der Waals surface area (Å²) in [4.78, 5) is 13.0. The molecular formula is C26H27NO2. The summed E-state index contributed by atoms with van der Waals surface area (Å²) in [5.41, 5.74) is 3.75. The Labute approximate surface area is 172 Å². The molecular weight excluding hydrogens is 358 g/mol. The molecule has 0 radical (unpaired) electrons. The zero-order chi connectivity index (χ0) is 20.3. The third kappa shape index (κ3) is 3.91. The maximum Gasteiger partial charge on any atom is 0.251 e. The van der Waals surface area contributed by atoms with Gasteiger partial charge in [0, 0.05) is 17.5 Å². The minimum absolute atomic E-state index is 0.0487. The zero-order valence-corrected chi connectivity index (χ0v) is 17.0. The molecule has 0 saturated carbocycles. The van der Waals surface area contributed by atoms with Gasteiger partial charge in [0.15, 0.2) is 0 Å². The second kappa shape index (κ2) is 8.12. The minimum Gasteiger partial charge on any atom is -0.487 e. The molecule has 148 valence electrons. The maximum absolute atomic E-state index is 13.0. The lowest BCUT2D eigenvalue weighted by atomic mass is 9.83. The van der Waals surface area contributed by atoms with Gasteiger partial charge in [-0.2, -0.15) is 0 Å². The fourth-order valence-corrected chi connectivity index (χ4v) is 4.12. The summed E-state index contributed by atoms with van der Waals surface area (Å²) in [6, 6.07) is 26.0. The van der Waals surface area contributed by atoms with Gasteiger partial charge in [-0.05, 0) is 42.2 Å². The van der Waals surface area contributed by atoms with Crippen molar-refractivity contribution >= 4 is 5.91 Å². The fraction of sp³-hybridized carbons (Fsp3) is 0.269. The smallest absolute Gasteiger partial charge is 0.251 e. The monoisotopic (exact) mass is 385 g/mol. The van der Waals surface area contributed by atoms with Gasteiger partial charge in [0.25, 0.3) is 5.91 Å². The highest BCUT2D eigenvalue weighted by Crippen LogP contribution is 2.42. The number of benzene rings is 3. The average Bonchev–Trinajstić information content (AvgIpc) is 2.79. The Morgan fingerprint density at radius 1 is 0.897 bits per heavy atom. The van der Waals surface area contributed by atoms with E-state index in [4.69, 9.17) is 4.74 Å². The van der Waals surface area contributed by atoms with Crippen molar-refractivity contribution in [2.24, 2.45) is 0 Å². The average molecular weight is 386 g/mol. The summed E-state index contributed by atoms with van der Waals surface area (Å²) in [5, 5.41) is 3.26. The predicted molar refractivity (Wildman–Crippen MR) is 117 cm³/mol. The fourth-order valence-electron chi connectivity index (χ4n) is 4.12. The van der Waals surface area contributed by atoms with Crippen molar-refractivity contribution in [3.8, 4) is 16.9 Å². The quantitative estimate of drug-likeness (QED) is 0.571. The molecule has 1 amide bonds. The molecule has 0 fully saturated rings. The van der Waals surface area contributed by atoms with Crippen LogP contribution in [0.5, 0.6) is 5.75 Å². The van der Waals surface area contributed by atoms with Gasteiger partial charge in [-0.15, -0.1) is 0 Å². The van der Waals surface area contributed by atoms with E-state index < -0.39 is 0 Å². The second-order valence-corrected chi connectivity index (χ2v) is 7.70. The van der Waals surface area contributed by atoms with Gasteiger partial charge < -0.3 is 10.1 Å². The largest absolute Gasteiger partial charge is 0.487 e. The number of carbonyl (C=O) groups is 1. The van der Waals surface area contributed by atoms with Crippen molar-refractivity contribution in [2.75, 3.05) is 0 Å². The summed E-state index contributed by atoms with van der Waals surface area (Å²) in [7, 11) is 0. The summed E-state index contributed by atoms with van der Waals surface area (Å²) < 4.78 is 6.35. The number of hydrogen-bond acceptors (Lipinski definition) is 2. The Balaban J connectivity index is 1.56. The molecule has 3 heteroatoms. The molecule has 1 aliphatic rings. The van der Waals surface area contributed by atoms with Crippen molar-refractivity contribution in [3.05, 3.63) is 90.0 Å². The van der Waals surface area contributed by atoms with Gasteiger partial charge in [0.1, 0.15) is 11.4 Å². The van der Waals surface area contributed by atoms with E-state index in [1.807, 2.05) is 66.7 Å². The lowest BCUT2D eigenvalue weighted by molar-refractivity contribution is 0.0227. The highest BCUT2D eigenvalue weighted by atomic mass is 16.5. The topological polar surface area (TPSA) is 38.3 Å². The van der Waals surface area contributed by atoms with Crippen LogP contribution in [0, 0.1) is 0 Å². The molecule has 4 rings (SSSR count). The van der Waals surface area contributed by atoms with Crippen LogP contribution in [0.1, 0.15) is 55.1 Å². The molecule has 3 aromatic carbocycles. The Morgan fingerprint density at radius 2 is 1.52 bits per heavy atom. The zero-order valence-electron chi connectivity index (χ0n) is 17.0. The molecule has 0 unspecified atom stereocenters. The lowest BCUT2D eigenvalue weighted by Gasteiger charge is -2.41. The molecule has 0 spiro atoms. The van der Waals surface area contributed by atoms with E-state index in [0.29, 0.717) is 5.56 Å². The first-order valence-corrected chi connectivity index (χ1v) is 10.4. The van der Waals surface area contributed by atoms with Crippen LogP contribution in [-0.4, -0.2) is 11.5 Å². The molecule has 1 aliphatic heterocycles. The standard InChI is InChI=1S/C26H27NO2/c1-3-26(4-2)18-23(22-12-8-9-13-24(22)29-26)27-25(28)21-16-14-20(15-17-21)19-10-6-5-7-11-19/h5-17,23H,3-4,18H2,1-2H3,(H,27,28)/t23-/m1/s1. The van der Waals surface area contributed by atoms with Gasteiger partial charge in [-0.3, -0.25) is 4.79 Å². The molecule has 3 aromatic rings. The summed E-state index contributed by atoms with van der Waals surface area (Å²) in [6.07, 6.45) is 2.61. The van der Waals surface area contributed by atoms with Crippen LogP contribution in [0.2, 0.25) is 0 Å². The van der Waals surface area contributed by atoms with Crippen LogP contribution in [-0.2, 0) is 0 Å². The lowest BCUT2D eigenvalue weighted by Crippen LogP contribution is -2.44. The van der Waals surface area contributed by atoms with E-state index in [1.165, 1.54) is 0 Å². The summed E-state index contributed by atoms with van der Waals surface area (Å²) in [6.45, 7) is 4.30. The minimum atomic E-state index is -0.233. The van der Waals surface area contributed by atoms with Crippen LogP contribution in [0.4, 0.5) is 0 Å². The summed E-state index contributed by atoms with van der Waals surface area (Å²) in [5.74, 6) is 0.833. The maximum atomic E-state index is 13.0. The van der Waals surface area contributed by atoms with Crippen LogP contribution in [0.25, 0.3) is 11.1 Å². The number of amides is 1. The molecule has 1 atom stereocenters. The number of nitrogens with one attached hydrogen (secondary N) is 1. The van der Waals surface area contributed by atoms with Crippen LogP contribution in [0.15, 0.2) is 78.9 Å². The van der Waals surface area contributed by atoms with E-state index in [1.54, 1.807) is 0 Å². The van der Waals surface area contributed by atoms with E-state index >= 15 is 0 Å². The number of rotatable bonds is 5. The highest BCUT2D eigenvalue weighted by molar-refractivity contribution is 5.95. The van der Waals surface area contributed by atoms with Crippen molar-refractivity contribution in [2.45, 2.75) is 44.8 Å². The van der Waals surface area contributed by atoms with E-state index in [-0.39, 0.29) is 17.6 Å². The first-order chi connectivity index (χ1) is 14.1. The van der Waals surface area contributed by atoms with Gasteiger partial charge in [0.2, 0.25) is 0 Å². The van der Waals surface area contributed by atoms with Crippen molar-refractivity contribution in [1.82, 2.24) is 5.32 Å². The molecule has 0 saturated heterocycles. The van der Waals surface area contributed by atoms with Gasteiger partial charge in [0.05, 0.1) is 6.04 Å². The second-order valence-electron chi connectivity index (χ2n) is 7.70. The molecule has 0 aromatic heterocycles. The molecule has 0 bridgehead atoms. The highest BCUT2D eigenvalue weighted by Gasteiger charge is 2.38. The third-order valence-electron chi connectivity index (χ3n) is 6.05. The van der Waals surface area contributed by atoms with Gasteiger partial charge in [-0.25, -0.2) is 0 Å².